The van der Waals surface area contributed by atoms with Crippen molar-refractivity contribution in [3.05, 3.63) is 58.7 Å². The lowest BCUT2D eigenvalue weighted by Crippen LogP contribution is -2.18. The van der Waals surface area contributed by atoms with Crippen molar-refractivity contribution in [1.29, 1.82) is 0 Å². The lowest BCUT2D eigenvalue weighted by Gasteiger charge is -2.27. The van der Waals surface area contributed by atoms with Gasteiger partial charge in [-0.1, -0.05) is 53.7 Å². The Bertz CT molecular complexity index is 890. The van der Waals surface area contributed by atoms with Crippen LogP contribution in [0.5, 0.6) is 17.2 Å². The van der Waals surface area contributed by atoms with Gasteiger partial charge < -0.3 is 14.6 Å². The van der Waals surface area contributed by atoms with E-state index in [1.54, 1.807) is 44.6 Å². The van der Waals surface area contributed by atoms with Crippen LogP contribution in [0.3, 0.4) is 0 Å². The van der Waals surface area contributed by atoms with E-state index in [4.69, 9.17) is 9.47 Å². The molecule has 0 aliphatic rings. The molecule has 0 aromatic heterocycles. The van der Waals surface area contributed by atoms with Gasteiger partial charge in [0.05, 0.1) is 14.2 Å². The van der Waals surface area contributed by atoms with E-state index in [-0.39, 0.29) is 22.4 Å². The Morgan fingerprint density at radius 1 is 0.862 bits per heavy atom. The Morgan fingerprint density at radius 2 is 1.38 bits per heavy atom. The van der Waals surface area contributed by atoms with Crippen LogP contribution in [-0.2, 0) is 10.8 Å². The summed E-state index contributed by atoms with van der Waals surface area (Å²) >= 11 is 0. The van der Waals surface area contributed by atoms with Crippen molar-refractivity contribution in [2.24, 2.45) is 0 Å². The van der Waals surface area contributed by atoms with Crippen LogP contribution in [0, 0.1) is 0 Å². The summed E-state index contributed by atoms with van der Waals surface area (Å²) in [6, 6.07) is 9.08. The molecule has 0 unspecified atom stereocenters. The predicted molar refractivity (Wildman–Crippen MR) is 118 cm³/mol. The van der Waals surface area contributed by atoms with Crippen molar-refractivity contribution in [2.45, 2.75) is 52.4 Å². The molecule has 0 amide bonds. The standard InChI is InChI=1S/C25H32O4/c1-24(2,3)18-14-17(15-19(23(18)27)25(4,5)6)20(26)11-9-16-10-12-21(28-7)22(13-16)29-8/h9-15,27H,1-8H3. The molecule has 29 heavy (non-hydrogen) atoms. The lowest BCUT2D eigenvalue weighted by molar-refractivity contribution is 0.104. The average Bonchev–Trinajstić information content (AvgIpc) is 2.64. The van der Waals surface area contributed by atoms with E-state index in [1.807, 2.05) is 53.7 Å². The third kappa shape index (κ3) is 5.20. The van der Waals surface area contributed by atoms with Crippen molar-refractivity contribution in [1.82, 2.24) is 0 Å². The smallest absolute Gasteiger partial charge is 0.185 e. The molecule has 2 aromatic rings. The van der Waals surface area contributed by atoms with Gasteiger partial charge in [0.2, 0.25) is 0 Å². The van der Waals surface area contributed by atoms with E-state index in [2.05, 4.69) is 0 Å². The van der Waals surface area contributed by atoms with E-state index in [0.717, 1.165) is 16.7 Å². The number of carbonyl (C=O) groups excluding carboxylic acids is 1. The number of methoxy groups -OCH3 is 2. The molecule has 0 spiro atoms. The van der Waals surface area contributed by atoms with Gasteiger partial charge in [-0.3, -0.25) is 4.79 Å². The maximum Gasteiger partial charge on any atom is 0.185 e. The SMILES string of the molecule is COc1ccc(C=CC(=O)c2cc(C(C)(C)C)c(O)c(C(C)(C)C)c2)cc1OC. The van der Waals surface area contributed by atoms with Gasteiger partial charge >= 0.3 is 0 Å². The number of aromatic hydroxyl groups is 1. The summed E-state index contributed by atoms with van der Waals surface area (Å²) in [6.45, 7) is 12.2. The molecule has 2 rings (SSSR count). The Kier molecular flexibility index (Phi) is 6.46. The highest BCUT2D eigenvalue weighted by Gasteiger charge is 2.27. The van der Waals surface area contributed by atoms with E-state index < -0.39 is 0 Å². The minimum atomic E-state index is -0.284. The topological polar surface area (TPSA) is 55.8 Å². The molecule has 0 aliphatic carbocycles. The monoisotopic (exact) mass is 396 g/mol. The Labute approximate surface area is 174 Å². The second-order valence-electron chi connectivity index (χ2n) is 9.23. The molecular weight excluding hydrogens is 364 g/mol. The molecule has 1 N–H and O–H groups in total. The van der Waals surface area contributed by atoms with Gasteiger partial charge in [-0.05, 0) is 46.7 Å². The molecule has 0 fully saturated rings. The predicted octanol–water partition coefficient (Wildman–Crippen LogP) is 5.90. The zero-order valence-electron chi connectivity index (χ0n) is 18.7. The summed E-state index contributed by atoms with van der Waals surface area (Å²) in [4.78, 5) is 12.9. The van der Waals surface area contributed by atoms with Crippen molar-refractivity contribution in [3.8, 4) is 17.2 Å². The first-order valence-corrected chi connectivity index (χ1v) is 9.71. The molecule has 4 heteroatoms. The van der Waals surface area contributed by atoms with Gasteiger partial charge in [-0.2, -0.15) is 0 Å². The summed E-state index contributed by atoms with van der Waals surface area (Å²) in [5, 5.41) is 10.8. The van der Waals surface area contributed by atoms with Crippen LogP contribution >= 0.6 is 0 Å². The number of ketones is 1. The molecule has 0 aliphatic heterocycles. The van der Waals surface area contributed by atoms with Gasteiger partial charge in [-0.25, -0.2) is 0 Å². The van der Waals surface area contributed by atoms with Crippen molar-refractivity contribution in [2.75, 3.05) is 14.2 Å². The fourth-order valence-electron chi connectivity index (χ4n) is 3.14. The van der Waals surface area contributed by atoms with Gasteiger partial charge in [0.25, 0.3) is 0 Å². The van der Waals surface area contributed by atoms with Crippen LogP contribution in [0.25, 0.3) is 6.08 Å². The number of hydrogen-bond acceptors (Lipinski definition) is 4. The van der Waals surface area contributed by atoms with E-state index >= 15 is 0 Å². The molecule has 0 heterocycles. The highest BCUT2D eigenvalue weighted by Crippen LogP contribution is 2.40. The van der Waals surface area contributed by atoms with E-state index in [1.165, 1.54) is 0 Å². The zero-order chi connectivity index (χ0) is 22.0. The molecule has 0 bridgehead atoms. The number of hydrogen-bond donors (Lipinski definition) is 1. The van der Waals surface area contributed by atoms with Crippen LogP contribution in [0.2, 0.25) is 0 Å². The minimum Gasteiger partial charge on any atom is -0.507 e. The Morgan fingerprint density at radius 3 is 1.83 bits per heavy atom. The maximum atomic E-state index is 12.9. The van der Waals surface area contributed by atoms with Crippen molar-refractivity contribution in [3.63, 3.8) is 0 Å². The number of benzene rings is 2. The molecule has 0 saturated heterocycles. The first kappa shape index (κ1) is 22.5. The number of phenols is 1. The lowest BCUT2D eigenvalue weighted by atomic mass is 9.78. The van der Waals surface area contributed by atoms with Gasteiger partial charge in [0, 0.05) is 16.7 Å². The number of phenolic OH excluding ortho intramolecular Hbond substituents is 1. The molecule has 0 saturated carbocycles. The van der Waals surface area contributed by atoms with Gasteiger partial charge in [-0.15, -0.1) is 0 Å². The number of carbonyl (C=O) groups is 1. The largest absolute Gasteiger partial charge is 0.507 e. The fraction of sp³-hybridized carbons (Fsp3) is 0.400. The highest BCUT2D eigenvalue weighted by atomic mass is 16.5. The quantitative estimate of drug-likeness (QED) is 0.505. The summed E-state index contributed by atoms with van der Waals surface area (Å²) in [7, 11) is 3.16. The molecule has 4 nitrogen and oxygen atoms in total. The van der Waals surface area contributed by atoms with E-state index in [9.17, 15) is 9.90 Å². The van der Waals surface area contributed by atoms with Crippen molar-refractivity contribution < 1.29 is 19.4 Å². The highest BCUT2D eigenvalue weighted by molar-refractivity contribution is 6.07. The molecule has 2 aromatic carbocycles. The molecule has 0 radical (unpaired) electrons. The summed E-state index contributed by atoms with van der Waals surface area (Å²) in [5.74, 6) is 1.40. The number of rotatable bonds is 5. The fourth-order valence-corrected chi connectivity index (χ4v) is 3.14. The van der Waals surface area contributed by atoms with Gasteiger partial charge in [0.1, 0.15) is 5.75 Å². The second-order valence-corrected chi connectivity index (χ2v) is 9.23. The third-order valence-corrected chi connectivity index (χ3v) is 4.85. The first-order chi connectivity index (χ1) is 13.4. The summed E-state index contributed by atoms with van der Waals surface area (Å²) in [6.07, 6.45) is 3.30. The molecule has 0 atom stereocenters. The number of allylic oxidation sites excluding steroid dienone is 1. The van der Waals surface area contributed by atoms with Crippen LogP contribution in [0.4, 0.5) is 0 Å². The van der Waals surface area contributed by atoms with Crippen LogP contribution in [0.15, 0.2) is 36.4 Å². The summed E-state index contributed by atoms with van der Waals surface area (Å²) < 4.78 is 10.6. The maximum absolute atomic E-state index is 12.9. The zero-order valence-corrected chi connectivity index (χ0v) is 18.7. The molecule has 156 valence electrons. The Hall–Kier alpha value is -2.75. The van der Waals surface area contributed by atoms with Crippen LogP contribution < -0.4 is 9.47 Å². The average molecular weight is 397 g/mol. The first-order valence-electron chi connectivity index (χ1n) is 9.71. The van der Waals surface area contributed by atoms with Gasteiger partial charge in [0.15, 0.2) is 17.3 Å². The molecular formula is C25H32O4. The van der Waals surface area contributed by atoms with Crippen molar-refractivity contribution >= 4 is 11.9 Å². The second kappa shape index (κ2) is 8.32. The third-order valence-electron chi connectivity index (χ3n) is 4.85. The Balaban J connectivity index is 2.46. The van der Waals surface area contributed by atoms with E-state index in [0.29, 0.717) is 17.1 Å². The normalized spacial score (nSPS) is 12.3. The number of ether oxygens (including phenoxy) is 2. The van der Waals surface area contributed by atoms with Crippen LogP contribution in [0.1, 0.15) is 68.6 Å². The van der Waals surface area contributed by atoms with Crippen LogP contribution in [-0.4, -0.2) is 25.1 Å². The minimum absolute atomic E-state index is 0.115. The summed E-state index contributed by atoms with van der Waals surface area (Å²) in [5.41, 5.74) is 2.37.